The number of nitrogens with one attached hydrogen (secondary N) is 1. The van der Waals surface area contributed by atoms with Gasteiger partial charge >= 0.3 is 0 Å². The lowest BCUT2D eigenvalue weighted by Gasteiger charge is -2.27. The van der Waals surface area contributed by atoms with E-state index in [0.717, 1.165) is 19.6 Å². The van der Waals surface area contributed by atoms with Gasteiger partial charge in [0.25, 0.3) is 0 Å². The molecule has 1 atom stereocenters. The molecule has 2 rings (SSSR count). The van der Waals surface area contributed by atoms with Crippen molar-refractivity contribution in [3.63, 3.8) is 0 Å². The lowest BCUT2D eigenvalue weighted by Crippen LogP contribution is -2.31. The van der Waals surface area contributed by atoms with Crippen LogP contribution in [0, 0.1) is 0 Å². The number of nitrogens with zero attached hydrogens (tertiary/aromatic N) is 1. The summed E-state index contributed by atoms with van der Waals surface area (Å²) in [5.74, 6) is 1.25. The minimum absolute atomic E-state index is 0.657. The smallest absolute Gasteiger partial charge is 0.0236 e. The van der Waals surface area contributed by atoms with Crippen molar-refractivity contribution >= 4 is 11.8 Å². The van der Waals surface area contributed by atoms with Crippen LogP contribution in [0.15, 0.2) is 18.2 Å². The topological polar surface area (TPSA) is 15.3 Å². The van der Waals surface area contributed by atoms with Gasteiger partial charge < -0.3 is 5.32 Å². The van der Waals surface area contributed by atoms with Crippen molar-refractivity contribution in [3.8, 4) is 0 Å². The minimum atomic E-state index is 0.657. The highest BCUT2D eigenvalue weighted by Crippen LogP contribution is 2.21. The van der Waals surface area contributed by atoms with Gasteiger partial charge in [0.15, 0.2) is 0 Å². The highest BCUT2D eigenvalue weighted by molar-refractivity contribution is 7.98. The fourth-order valence-electron chi connectivity index (χ4n) is 2.69. The molecule has 0 saturated carbocycles. The van der Waals surface area contributed by atoms with E-state index in [0.29, 0.717) is 6.04 Å². The van der Waals surface area contributed by atoms with Gasteiger partial charge in [-0.2, -0.15) is 11.8 Å². The summed E-state index contributed by atoms with van der Waals surface area (Å²) in [7, 11) is 2.26. The Balaban J connectivity index is 2.02. The summed E-state index contributed by atoms with van der Waals surface area (Å²) in [6.07, 6.45) is 4.64. The maximum absolute atomic E-state index is 3.46. The van der Waals surface area contributed by atoms with Gasteiger partial charge in [0.05, 0.1) is 0 Å². The standard InChI is InChI=1S/C16H26N2S/c1-13(8-10-19-3)18(2)12-15-6-4-5-14-11-17-9-7-16(14)15/h4-6,13,17H,7-12H2,1-3H3. The monoisotopic (exact) mass is 278 g/mol. The first kappa shape index (κ1) is 14.9. The first-order valence-corrected chi connectivity index (χ1v) is 8.61. The number of benzene rings is 1. The van der Waals surface area contributed by atoms with E-state index in [9.17, 15) is 0 Å². The third-order valence-corrected chi connectivity index (χ3v) is 4.79. The quantitative estimate of drug-likeness (QED) is 0.861. The van der Waals surface area contributed by atoms with Crippen molar-refractivity contribution in [2.45, 2.75) is 38.9 Å². The van der Waals surface area contributed by atoms with Gasteiger partial charge in [0, 0.05) is 19.1 Å². The number of thioether (sulfide) groups is 1. The van der Waals surface area contributed by atoms with Crippen molar-refractivity contribution in [2.24, 2.45) is 0 Å². The molecule has 1 aliphatic rings. The molecule has 3 heteroatoms. The molecule has 0 bridgehead atoms. The van der Waals surface area contributed by atoms with E-state index in [1.54, 1.807) is 5.56 Å². The highest BCUT2D eigenvalue weighted by Gasteiger charge is 2.15. The molecule has 1 unspecified atom stereocenters. The van der Waals surface area contributed by atoms with Crippen molar-refractivity contribution in [2.75, 3.05) is 25.6 Å². The van der Waals surface area contributed by atoms with Gasteiger partial charge in [-0.1, -0.05) is 18.2 Å². The molecule has 0 amide bonds. The predicted molar refractivity (Wildman–Crippen MR) is 85.8 cm³/mol. The van der Waals surface area contributed by atoms with Crippen LogP contribution in [-0.4, -0.2) is 36.5 Å². The lowest BCUT2D eigenvalue weighted by molar-refractivity contribution is 0.244. The molecule has 0 fully saturated rings. The van der Waals surface area contributed by atoms with E-state index >= 15 is 0 Å². The molecular weight excluding hydrogens is 252 g/mol. The van der Waals surface area contributed by atoms with E-state index in [1.807, 2.05) is 11.8 Å². The van der Waals surface area contributed by atoms with Crippen molar-refractivity contribution in [1.82, 2.24) is 10.2 Å². The molecule has 2 nitrogen and oxygen atoms in total. The molecule has 1 heterocycles. The molecular formula is C16H26N2S. The van der Waals surface area contributed by atoms with E-state index in [2.05, 4.69) is 48.6 Å². The molecule has 1 aromatic carbocycles. The Morgan fingerprint density at radius 2 is 2.26 bits per heavy atom. The molecule has 0 saturated heterocycles. The van der Waals surface area contributed by atoms with Crippen molar-refractivity contribution in [1.29, 1.82) is 0 Å². The Hall–Kier alpha value is -0.510. The second-order valence-electron chi connectivity index (χ2n) is 5.53. The molecule has 1 aromatic rings. The Labute approximate surface area is 122 Å². The predicted octanol–water partition coefficient (Wildman–Crippen LogP) is 2.91. The minimum Gasteiger partial charge on any atom is -0.312 e. The summed E-state index contributed by atoms with van der Waals surface area (Å²) in [6.45, 7) is 5.58. The van der Waals surface area contributed by atoms with Crippen LogP contribution >= 0.6 is 11.8 Å². The average Bonchev–Trinajstić information content (AvgIpc) is 2.45. The van der Waals surface area contributed by atoms with Gasteiger partial charge in [-0.25, -0.2) is 0 Å². The number of rotatable bonds is 6. The molecule has 1 aliphatic heterocycles. The average molecular weight is 278 g/mol. The number of fused-ring (bicyclic) bond motifs is 1. The molecule has 0 aliphatic carbocycles. The summed E-state index contributed by atoms with van der Waals surface area (Å²) in [5.41, 5.74) is 4.61. The number of hydrogen-bond acceptors (Lipinski definition) is 3. The first-order chi connectivity index (χ1) is 9.22. The lowest BCUT2D eigenvalue weighted by atomic mass is 9.95. The third kappa shape index (κ3) is 3.98. The SMILES string of the molecule is CSCCC(C)N(C)Cc1cccc2c1CCNC2. The maximum atomic E-state index is 3.46. The second kappa shape index (κ2) is 7.32. The van der Waals surface area contributed by atoms with Gasteiger partial charge in [-0.15, -0.1) is 0 Å². The van der Waals surface area contributed by atoms with Gasteiger partial charge in [0.2, 0.25) is 0 Å². The van der Waals surface area contributed by atoms with Crippen molar-refractivity contribution in [3.05, 3.63) is 34.9 Å². The zero-order valence-corrected chi connectivity index (χ0v) is 13.2. The molecule has 0 aromatic heterocycles. The van der Waals surface area contributed by atoms with Crippen LogP contribution in [-0.2, 0) is 19.5 Å². The Bertz CT molecular complexity index is 406. The fourth-order valence-corrected chi connectivity index (χ4v) is 3.27. The van der Waals surface area contributed by atoms with E-state index in [4.69, 9.17) is 0 Å². The van der Waals surface area contributed by atoms with Crippen LogP contribution in [0.3, 0.4) is 0 Å². The maximum Gasteiger partial charge on any atom is 0.0236 e. The van der Waals surface area contributed by atoms with E-state index < -0.39 is 0 Å². The van der Waals surface area contributed by atoms with Crippen LogP contribution in [0.4, 0.5) is 0 Å². The van der Waals surface area contributed by atoms with Crippen LogP contribution in [0.1, 0.15) is 30.0 Å². The van der Waals surface area contributed by atoms with Crippen LogP contribution in [0.25, 0.3) is 0 Å². The van der Waals surface area contributed by atoms with E-state index in [-0.39, 0.29) is 0 Å². The highest BCUT2D eigenvalue weighted by atomic mass is 32.2. The summed E-state index contributed by atoms with van der Waals surface area (Å²) < 4.78 is 0. The largest absolute Gasteiger partial charge is 0.312 e. The Kier molecular flexibility index (Phi) is 5.74. The Morgan fingerprint density at radius 3 is 3.05 bits per heavy atom. The number of hydrogen-bond donors (Lipinski definition) is 1. The van der Waals surface area contributed by atoms with Crippen LogP contribution in [0.2, 0.25) is 0 Å². The molecule has 19 heavy (non-hydrogen) atoms. The van der Waals surface area contributed by atoms with Gasteiger partial charge in [-0.3, -0.25) is 4.90 Å². The van der Waals surface area contributed by atoms with Gasteiger partial charge in [-0.05, 0) is 62.1 Å². The summed E-state index contributed by atoms with van der Waals surface area (Å²) in [6, 6.07) is 7.44. The zero-order valence-electron chi connectivity index (χ0n) is 12.4. The van der Waals surface area contributed by atoms with Crippen LogP contribution < -0.4 is 5.32 Å². The zero-order chi connectivity index (χ0) is 13.7. The molecule has 0 spiro atoms. The normalized spacial score (nSPS) is 16.4. The summed E-state index contributed by atoms with van der Waals surface area (Å²) >= 11 is 1.94. The van der Waals surface area contributed by atoms with E-state index in [1.165, 1.54) is 29.7 Å². The molecule has 0 radical (unpaired) electrons. The molecule has 106 valence electrons. The molecule has 1 N–H and O–H groups in total. The summed E-state index contributed by atoms with van der Waals surface area (Å²) in [5, 5.41) is 3.46. The Morgan fingerprint density at radius 1 is 1.42 bits per heavy atom. The second-order valence-corrected chi connectivity index (χ2v) is 6.51. The van der Waals surface area contributed by atoms with Crippen molar-refractivity contribution < 1.29 is 0 Å². The summed E-state index contributed by atoms with van der Waals surface area (Å²) in [4.78, 5) is 2.49. The van der Waals surface area contributed by atoms with Crippen LogP contribution in [0.5, 0.6) is 0 Å². The fraction of sp³-hybridized carbons (Fsp3) is 0.625. The first-order valence-electron chi connectivity index (χ1n) is 7.22. The third-order valence-electron chi connectivity index (χ3n) is 4.15. The van der Waals surface area contributed by atoms with Gasteiger partial charge in [0.1, 0.15) is 0 Å².